The number of nitrogens with zero attached hydrogens (tertiary/aromatic N) is 1. The topological polar surface area (TPSA) is 40.2 Å². The molecular formula is C28H52F7NO4. The van der Waals surface area contributed by atoms with E-state index in [2.05, 4.69) is 4.90 Å². The molecule has 0 bridgehead atoms. The third kappa shape index (κ3) is 19.4. The van der Waals surface area contributed by atoms with E-state index in [4.69, 9.17) is 18.9 Å². The number of hydrogen-bond acceptors (Lipinski definition) is 5. The van der Waals surface area contributed by atoms with Crippen LogP contribution in [-0.2, 0) is 18.9 Å². The molecule has 0 amide bonds. The predicted octanol–water partition coefficient (Wildman–Crippen LogP) is 7.91. The first kappa shape index (κ1) is 39.3. The Morgan fingerprint density at radius 2 is 0.975 bits per heavy atom. The lowest BCUT2D eigenvalue weighted by molar-refractivity contribution is -0.355. The van der Waals surface area contributed by atoms with E-state index in [-0.39, 0.29) is 18.9 Å². The van der Waals surface area contributed by atoms with Crippen LogP contribution < -0.4 is 0 Å². The molecule has 0 N–H and O–H groups in total. The van der Waals surface area contributed by atoms with Crippen LogP contribution in [-0.4, -0.2) is 96.4 Å². The van der Waals surface area contributed by atoms with Gasteiger partial charge in [0.05, 0.1) is 33.0 Å². The van der Waals surface area contributed by atoms with Crippen LogP contribution in [0.15, 0.2) is 0 Å². The average Bonchev–Trinajstić information content (AvgIpc) is 2.87. The molecule has 0 saturated heterocycles. The highest BCUT2D eigenvalue weighted by Crippen LogP contribution is 2.48. The molecular weight excluding hydrogens is 547 g/mol. The monoisotopic (exact) mass is 599 g/mol. The SMILES string of the molecule is COC(COCCCCCCCCCCCCCCCC(F)(F)C(F)(F)C(F)(F)F)COCCOCCN(C)C. The molecule has 1 atom stereocenters. The third-order valence-electron chi connectivity index (χ3n) is 6.59. The first-order valence-electron chi connectivity index (χ1n) is 14.6. The van der Waals surface area contributed by atoms with Crippen LogP contribution in [0, 0.1) is 0 Å². The summed E-state index contributed by atoms with van der Waals surface area (Å²) >= 11 is 0. The van der Waals surface area contributed by atoms with Gasteiger partial charge in [0, 0.05) is 26.7 Å². The quantitative estimate of drug-likeness (QED) is 0.0675. The molecule has 0 fully saturated rings. The largest absolute Gasteiger partial charge is 0.459 e. The Labute approximate surface area is 236 Å². The van der Waals surface area contributed by atoms with E-state index in [1.807, 2.05) is 14.1 Å². The second-order valence-corrected chi connectivity index (χ2v) is 10.5. The first-order chi connectivity index (χ1) is 18.8. The summed E-state index contributed by atoms with van der Waals surface area (Å²) in [5.74, 6) is -11.1. The zero-order valence-electron chi connectivity index (χ0n) is 24.7. The van der Waals surface area contributed by atoms with E-state index in [1.54, 1.807) is 7.11 Å². The standard InChI is InChI=1S/C28H52F7NO4/c1-36(2)18-20-38-21-22-40-24-25(37-3)23-39-19-16-14-12-10-8-6-4-5-7-9-11-13-15-17-26(29,30)27(31,32)28(33,34)35/h25H,4-24H2,1-3H3. The van der Waals surface area contributed by atoms with Gasteiger partial charge in [0.15, 0.2) is 0 Å². The maximum atomic E-state index is 13.2. The molecule has 0 aromatic heterocycles. The van der Waals surface area contributed by atoms with Crippen molar-refractivity contribution in [1.29, 1.82) is 0 Å². The normalized spacial score (nSPS) is 13.9. The number of rotatable bonds is 28. The summed E-state index contributed by atoms with van der Waals surface area (Å²) < 4.78 is 111. The van der Waals surface area contributed by atoms with Gasteiger partial charge < -0.3 is 23.8 Å². The molecule has 0 spiro atoms. The number of ether oxygens (including phenoxy) is 4. The minimum atomic E-state index is -6.24. The Balaban J connectivity index is 3.47. The van der Waals surface area contributed by atoms with Gasteiger partial charge in [-0.3, -0.25) is 0 Å². The van der Waals surface area contributed by atoms with E-state index in [1.165, 1.54) is 0 Å². The number of alkyl halides is 7. The fourth-order valence-electron chi connectivity index (χ4n) is 3.94. The zero-order chi connectivity index (χ0) is 30.3. The summed E-state index contributed by atoms with van der Waals surface area (Å²) in [6.45, 7) is 4.31. The van der Waals surface area contributed by atoms with Crippen LogP contribution >= 0.6 is 0 Å². The van der Waals surface area contributed by atoms with Crippen molar-refractivity contribution in [3.05, 3.63) is 0 Å². The third-order valence-corrected chi connectivity index (χ3v) is 6.59. The summed E-state index contributed by atoms with van der Waals surface area (Å²) in [5.41, 5.74) is 0. The van der Waals surface area contributed by atoms with E-state index in [9.17, 15) is 30.7 Å². The van der Waals surface area contributed by atoms with Crippen molar-refractivity contribution in [3.63, 3.8) is 0 Å². The average molecular weight is 600 g/mol. The molecule has 0 aliphatic rings. The summed E-state index contributed by atoms with van der Waals surface area (Å²) in [4.78, 5) is 2.06. The smallest absolute Gasteiger partial charge is 0.379 e. The molecule has 0 heterocycles. The molecule has 242 valence electrons. The fourth-order valence-corrected chi connectivity index (χ4v) is 3.94. The molecule has 5 nitrogen and oxygen atoms in total. The Morgan fingerprint density at radius 1 is 0.550 bits per heavy atom. The van der Waals surface area contributed by atoms with Gasteiger partial charge in [0.1, 0.15) is 6.10 Å². The Bertz CT molecular complexity index is 581. The van der Waals surface area contributed by atoms with Crippen molar-refractivity contribution in [2.75, 3.05) is 67.4 Å². The Morgan fingerprint density at radius 3 is 1.43 bits per heavy atom. The van der Waals surface area contributed by atoms with Crippen molar-refractivity contribution < 1.29 is 49.7 Å². The van der Waals surface area contributed by atoms with Crippen molar-refractivity contribution in [2.24, 2.45) is 0 Å². The second kappa shape index (κ2) is 22.9. The highest BCUT2D eigenvalue weighted by Gasteiger charge is 2.72. The van der Waals surface area contributed by atoms with Crippen LogP contribution in [0.2, 0.25) is 0 Å². The molecule has 1 unspecified atom stereocenters. The minimum absolute atomic E-state index is 0.0946. The van der Waals surface area contributed by atoms with Gasteiger partial charge in [0.2, 0.25) is 0 Å². The molecule has 0 saturated carbocycles. The number of methoxy groups -OCH3 is 1. The van der Waals surface area contributed by atoms with Crippen molar-refractivity contribution >= 4 is 0 Å². The van der Waals surface area contributed by atoms with E-state index < -0.39 is 24.4 Å². The highest BCUT2D eigenvalue weighted by molar-refractivity contribution is 4.90. The zero-order valence-corrected chi connectivity index (χ0v) is 24.7. The molecule has 0 radical (unpaired) electrons. The summed E-state index contributed by atoms with van der Waals surface area (Å²) in [5, 5.41) is 0. The molecule has 40 heavy (non-hydrogen) atoms. The van der Waals surface area contributed by atoms with Crippen molar-refractivity contribution in [1.82, 2.24) is 4.90 Å². The van der Waals surface area contributed by atoms with Gasteiger partial charge in [-0.1, -0.05) is 70.6 Å². The summed E-state index contributed by atoms with van der Waals surface area (Å²) in [6, 6.07) is 0. The molecule has 0 aliphatic heterocycles. The minimum Gasteiger partial charge on any atom is -0.379 e. The molecule has 0 aromatic rings. The van der Waals surface area contributed by atoms with Crippen LogP contribution in [0.25, 0.3) is 0 Å². The fraction of sp³-hybridized carbons (Fsp3) is 1.00. The predicted molar refractivity (Wildman–Crippen MR) is 142 cm³/mol. The Kier molecular flexibility index (Phi) is 22.5. The maximum Gasteiger partial charge on any atom is 0.459 e. The van der Waals surface area contributed by atoms with Gasteiger partial charge in [-0.25, -0.2) is 0 Å². The molecule has 0 aromatic carbocycles. The second-order valence-electron chi connectivity index (χ2n) is 10.5. The molecule has 12 heteroatoms. The van der Waals surface area contributed by atoms with Crippen LogP contribution in [0.1, 0.15) is 89.9 Å². The van der Waals surface area contributed by atoms with Crippen LogP contribution in [0.3, 0.4) is 0 Å². The number of hydrogen-bond donors (Lipinski definition) is 0. The number of likely N-dealkylation sites (N-methyl/N-ethyl adjacent to an activating group) is 1. The lowest BCUT2D eigenvalue weighted by Crippen LogP contribution is -2.51. The lowest BCUT2D eigenvalue weighted by Gasteiger charge is -2.28. The summed E-state index contributed by atoms with van der Waals surface area (Å²) in [7, 11) is 5.65. The van der Waals surface area contributed by atoms with Gasteiger partial charge in [-0.2, -0.15) is 30.7 Å². The Hall–Kier alpha value is -0.690. The highest BCUT2D eigenvalue weighted by atomic mass is 19.4. The lowest BCUT2D eigenvalue weighted by atomic mass is 10.0. The van der Waals surface area contributed by atoms with E-state index in [0.717, 1.165) is 70.8 Å². The van der Waals surface area contributed by atoms with Crippen LogP contribution in [0.5, 0.6) is 0 Å². The maximum absolute atomic E-state index is 13.2. The van der Waals surface area contributed by atoms with Gasteiger partial charge in [-0.15, -0.1) is 0 Å². The molecule has 0 rings (SSSR count). The van der Waals surface area contributed by atoms with Gasteiger partial charge in [-0.05, 0) is 26.9 Å². The van der Waals surface area contributed by atoms with Crippen molar-refractivity contribution in [2.45, 2.75) is 114 Å². The number of halogens is 7. The summed E-state index contributed by atoms with van der Waals surface area (Å²) in [6.07, 6.45) is 3.05. The van der Waals surface area contributed by atoms with E-state index in [0.29, 0.717) is 46.1 Å². The van der Waals surface area contributed by atoms with Crippen molar-refractivity contribution in [3.8, 4) is 0 Å². The van der Waals surface area contributed by atoms with Crippen LogP contribution in [0.4, 0.5) is 30.7 Å². The van der Waals surface area contributed by atoms with E-state index >= 15 is 0 Å². The van der Waals surface area contributed by atoms with Gasteiger partial charge in [0.25, 0.3) is 0 Å². The first-order valence-corrected chi connectivity index (χ1v) is 14.6. The van der Waals surface area contributed by atoms with Gasteiger partial charge >= 0.3 is 18.0 Å². The number of unbranched alkanes of at least 4 members (excludes halogenated alkanes) is 12. The molecule has 0 aliphatic carbocycles.